The molecule has 32 heavy (non-hydrogen) atoms. The Balaban J connectivity index is 1.66. The van der Waals surface area contributed by atoms with Gasteiger partial charge in [0, 0.05) is 0 Å². The second-order valence-corrected chi connectivity index (χ2v) is 8.18. The van der Waals surface area contributed by atoms with Crippen LogP contribution >= 0.6 is 0 Å². The van der Waals surface area contributed by atoms with Gasteiger partial charge in [0.2, 0.25) is 0 Å². The standard InChI is InChI=1S/C27H30N2O3/c1-18(2)22-15-14-19(3)16-25(22)32-17-26(30)29-24-13-9-8-12-23(24)27(31)28-20(4)21-10-6-5-7-11-21/h5-16,18,20H,17H2,1-4H3,(H,28,31)(H,29,30). The summed E-state index contributed by atoms with van der Waals surface area (Å²) >= 11 is 0. The van der Waals surface area contributed by atoms with Crippen LogP contribution in [0.4, 0.5) is 5.69 Å². The number of para-hydroxylation sites is 1. The number of carbonyl (C=O) groups is 2. The maximum absolute atomic E-state index is 12.9. The van der Waals surface area contributed by atoms with Gasteiger partial charge in [0.25, 0.3) is 11.8 Å². The van der Waals surface area contributed by atoms with Crippen molar-refractivity contribution in [2.24, 2.45) is 0 Å². The Morgan fingerprint density at radius 1 is 0.906 bits per heavy atom. The number of rotatable bonds is 8. The molecule has 0 saturated heterocycles. The molecular formula is C27H30N2O3. The quantitative estimate of drug-likeness (QED) is 0.487. The summed E-state index contributed by atoms with van der Waals surface area (Å²) < 4.78 is 5.82. The van der Waals surface area contributed by atoms with Crippen molar-refractivity contribution in [1.29, 1.82) is 0 Å². The van der Waals surface area contributed by atoms with E-state index in [4.69, 9.17) is 4.74 Å². The van der Waals surface area contributed by atoms with Crippen LogP contribution in [0.25, 0.3) is 0 Å². The molecule has 0 aromatic heterocycles. The van der Waals surface area contributed by atoms with Gasteiger partial charge in [-0.1, -0.05) is 68.4 Å². The normalized spacial score (nSPS) is 11.7. The van der Waals surface area contributed by atoms with E-state index in [9.17, 15) is 9.59 Å². The SMILES string of the molecule is Cc1ccc(C(C)C)c(OCC(=O)Nc2ccccc2C(=O)NC(C)c2ccccc2)c1. The lowest BCUT2D eigenvalue weighted by molar-refractivity contribution is -0.118. The molecule has 0 spiro atoms. The van der Waals surface area contributed by atoms with Gasteiger partial charge in [-0.05, 0) is 54.7 Å². The van der Waals surface area contributed by atoms with Gasteiger partial charge < -0.3 is 15.4 Å². The molecule has 5 heteroatoms. The Hall–Kier alpha value is -3.60. The zero-order valence-corrected chi connectivity index (χ0v) is 19.0. The minimum Gasteiger partial charge on any atom is -0.483 e. The first-order valence-corrected chi connectivity index (χ1v) is 10.8. The van der Waals surface area contributed by atoms with Gasteiger partial charge in [-0.2, -0.15) is 0 Å². The molecule has 2 amide bonds. The first-order chi connectivity index (χ1) is 15.3. The van der Waals surface area contributed by atoms with Gasteiger partial charge in [-0.15, -0.1) is 0 Å². The molecule has 0 aliphatic carbocycles. The first-order valence-electron chi connectivity index (χ1n) is 10.8. The molecule has 3 aromatic rings. The number of anilines is 1. The first kappa shape index (κ1) is 23.1. The molecule has 1 unspecified atom stereocenters. The lowest BCUT2D eigenvalue weighted by Crippen LogP contribution is -2.28. The molecule has 0 radical (unpaired) electrons. The van der Waals surface area contributed by atoms with Crippen LogP contribution in [-0.2, 0) is 4.79 Å². The van der Waals surface area contributed by atoms with Gasteiger partial charge >= 0.3 is 0 Å². The molecule has 2 N–H and O–H groups in total. The lowest BCUT2D eigenvalue weighted by atomic mass is 10.0. The Labute approximate surface area is 189 Å². The molecule has 0 fully saturated rings. The molecule has 0 bridgehead atoms. The molecule has 0 aliphatic heterocycles. The number of ether oxygens (including phenoxy) is 1. The monoisotopic (exact) mass is 430 g/mol. The maximum atomic E-state index is 12.9. The van der Waals surface area contributed by atoms with Crippen LogP contribution in [0, 0.1) is 6.92 Å². The molecule has 0 aliphatic rings. The van der Waals surface area contributed by atoms with Gasteiger partial charge in [0.05, 0.1) is 17.3 Å². The Morgan fingerprint density at radius 2 is 1.59 bits per heavy atom. The summed E-state index contributed by atoms with van der Waals surface area (Å²) in [5.41, 5.74) is 3.99. The maximum Gasteiger partial charge on any atom is 0.262 e. The van der Waals surface area contributed by atoms with Crippen LogP contribution in [0.15, 0.2) is 72.8 Å². The highest BCUT2D eigenvalue weighted by Crippen LogP contribution is 2.27. The number of carbonyl (C=O) groups excluding carboxylic acids is 2. The van der Waals surface area contributed by atoms with E-state index in [0.717, 1.165) is 16.7 Å². The van der Waals surface area contributed by atoms with Gasteiger partial charge in [0.1, 0.15) is 5.75 Å². The second-order valence-electron chi connectivity index (χ2n) is 8.18. The highest BCUT2D eigenvalue weighted by atomic mass is 16.5. The zero-order valence-electron chi connectivity index (χ0n) is 19.0. The van der Waals surface area contributed by atoms with Crippen LogP contribution in [-0.4, -0.2) is 18.4 Å². The third kappa shape index (κ3) is 5.97. The van der Waals surface area contributed by atoms with Crippen molar-refractivity contribution < 1.29 is 14.3 Å². The van der Waals surface area contributed by atoms with Crippen molar-refractivity contribution in [2.45, 2.75) is 39.7 Å². The number of benzene rings is 3. The number of hydrogen-bond donors (Lipinski definition) is 2. The van der Waals surface area contributed by atoms with Crippen molar-refractivity contribution in [2.75, 3.05) is 11.9 Å². The fourth-order valence-electron chi connectivity index (χ4n) is 3.46. The van der Waals surface area contributed by atoms with Crippen LogP contribution in [0.2, 0.25) is 0 Å². The molecule has 5 nitrogen and oxygen atoms in total. The predicted octanol–water partition coefficient (Wildman–Crippen LogP) is 5.63. The van der Waals surface area contributed by atoms with Crippen molar-refractivity contribution in [3.8, 4) is 5.75 Å². The average Bonchev–Trinajstić information content (AvgIpc) is 2.78. The summed E-state index contributed by atoms with van der Waals surface area (Å²) in [7, 11) is 0. The van der Waals surface area contributed by atoms with E-state index in [1.54, 1.807) is 24.3 Å². The van der Waals surface area contributed by atoms with E-state index in [1.807, 2.05) is 62.4 Å². The van der Waals surface area contributed by atoms with Crippen LogP contribution < -0.4 is 15.4 Å². The van der Waals surface area contributed by atoms with Crippen molar-refractivity contribution in [3.63, 3.8) is 0 Å². The summed E-state index contributed by atoms with van der Waals surface area (Å²) in [5, 5.41) is 5.80. The third-order valence-corrected chi connectivity index (χ3v) is 5.24. The highest BCUT2D eigenvalue weighted by Gasteiger charge is 2.17. The number of nitrogens with one attached hydrogen (secondary N) is 2. The van der Waals surface area contributed by atoms with E-state index < -0.39 is 0 Å². The van der Waals surface area contributed by atoms with E-state index >= 15 is 0 Å². The van der Waals surface area contributed by atoms with Gasteiger partial charge in [0.15, 0.2) is 6.61 Å². The number of amides is 2. The van der Waals surface area contributed by atoms with E-state index in [-0.39, 0.29) is 30.4 Å². The van der Waals surface area contributed by atoms with Gasteiger partial charge in [-0.25, -0.2) is 0 Å². The molecule has 3 aromatic carbocycles. The van der Waals surface area contributed by atoms with E-state index in [2.05, 4.69) is 24.5 Å². The highest BCUT2D eigenvalue weighted by molar-refractivity contribution is 6.04. The van der Waals surface area contributed by atoms with E-state index in [0.29, 0.717) is 17.0 Å². The number of aryl methyl sites for hydroxylation is 1. The molecule has 166 valence electrons. The minimum atomic E-state index is -0.322. The topological polar surface area (TPSA) is 67.4 Å². The Kier molecular flexibility index (Phi) is 7.66. The third-order valence-electron chi connectivity index (χ3n) is 5.24. The smallest absolute Gasteiger partial charge is 0.262 e. The summed E-state index contributed by atoms with van der Waals surface area (Å²) in [5.74, 6) is 0.416. The summed E-state index contributed by atoms with van der Waals surface area (Å²) in [6.45, 7) is 7.95. The van der Waals surface area contributed by atoms with E-state index in [1.165, 1.54) is 0 Å². The average molecular weight is 431 g/mol. The zero-order chi connectivity index (χ0) is 23.1. The molecular weight excluding hydrogens is 400 g/mol. The molecule has 0 heterocycles. The van der Waals surface area contributed by atoms with Gasteiger partial charge in [-0.3, -0.25) is 9.59 Å². The van der Waals surface area contributed by atoms with Crippen molar-refractivity contribution in [1.82, 2.24) is 5.32 Å². The predicted molar refractivity (Wildman–Crippen MR) is 128 cm³/mol. The molecule has 3 rings (SSSR count). The fraction of sp³-hybridized carbons (Fsp3) is 0.259. The summed E-state index contributed by atoms with van der Waals surface area (Å²) in [6, 6.07) is 22.5. The molecule has 1 atom stereocenters. The van der Waals surface area contributed by atoms with Crippen LogP contribution in [0.3, 0.4) is 0 Å². The lowest BCUT2D eigenvalue weighted by Gasteiger charge is -2.17. The fourth-order valence-corrected chi connectivity index (χ4v) is 3.46. The Bertz CT molecular complexity index is 1080. The largest absolute Gasteiger partial charge is 0.483 e. The minimum absolute atomic E-state index is 0.139. The van der Waals surface area contributed by atoms with Crippen molar-refractivity contribution >= 4 is 17.5 Å². The van der Waals surface area contributed by atoms with Crippen LogP contribution in [0.1, 0.15) is 59.8 Å². The second kappa shape index (κ2) is 10.6. The summed E-state index contributed by atoms with van der Waals surface area (Å²) in [6.07, 6.45) is 0. The summed E-state index contributed by atoms with van der Waals surface area (Å²) in [4.78, 5) is 25.5. The molecule has 0 saturated carbocycles. The number of hydrogen-bond acceptors (Lipinski definition) is 3. The Morgan fingerprint density at radius 3 is 2.31 bits per heavy atom. The van der Waals surface area contributed by atoms with Crippen molar-refractivity contribution in [3.05, 3.63) is 95.1 Å². The van der Waals surface area contributed by atoms with Crippen LogP contribution in [0.5, 0.6) is 5.75 Å².